The van der Waals surface area contributed by atoms with Crippen molar-refractivity contribution in [3.05, 3.63) is 34.2 Å². The van der Waals surface area contributed by atoms with E-state index in [1.165, 1.54) is 14.0 Å². The summed E-state index contributed by atoms with van der Waals surface area (Å²) in [5, 5.41) is 11.6. The highest BCUT2D eigenvalue weighted by molar-refractivity contribution is 6.00. The summed E-state index contributed by atoms with van der Waals surface area (Å²) < 4.78 is 2.82. The predicted molar refractivity (Wildman–Crippen MR) is 101 cm³/mol. The second-order valence-electron chi connectivity index (χ2n) is 6.85. The van der Waals surface area contributed by atoms with Crippen molar-refractivity contribution < 1.29 is 19.5 Å². The number of rotatable bonds is 6. The minimum Gasteiger partial charge on any atom is -0.465 e. The van der Waals surface area contributed by atoms with Gasteiger partial charge in [0.2, 0.25) is 11.8 Å². The molecule has 3 amide bonds. The summed E-state index contributed by atoms with van der Waals surface area (Å²) in [7, 11) is 1.60. The number of imidazole rings is 1. The summed E-state index contributed by atoms with van der Waals surface area (Å²) in [4.78, 5) is 49.0. The molecule has 1 aromatic heterocycles. The van der Waals surface area contributed by atoms with Crippen LogP contribution in [0.15, 0.2) is 23.0 Å². The van der Waals surface area contributed by atoms with Crippen LogP contribution in [0.1, 0.15) is 30.9 Å². The number of carbonyl (C=O) groups excluding carboxylic acids is 2. The molecule has 1 unspecified atom stereocenters. The molecular formula is C18H23N5O5. The standard InChI is InChI=1S/C18H23N5O5/c1-21-14-9-11(10-22(18(27)28)8-2-7-19)3-4-12(14)23(17(21)26)13-5-6-15(24)20-16(13)25/h3-4,9,13H,2,5-8,10,19H2,1H3,(H,27,28)(H,20,24,25). The summed E-state index contributed by atoms with van der Waals surface area (Å²) in [6, 6.07) is 4.44. The molecule has 28 heavy (non-hydrogen) atoms. The lowest BCUT2D eigenvalue weighted by Crippen LogP contribution is -2.44. The van der Waals surface area contributed by atoms with Crippen LogP contribution in [-0.2, 0) is 23.2 Å². The van der Waals surface area contributed by atoms with E-state index in [9.17, 15) is 24.3 Å². The predicted octanol–water partition coefficient (Wildman–Crippen LogP) is 0.147. The second-order valence-corrected chi connectivity index (χ2v) is 6.85. The summed E-state index contributed by atoms with van der Waals surface area (Å²) in [5.74, 6) is -0.836. The van der Waals surface area contributed by atoms with Crippen LogP contribution in [0.25, 0.3) is 11.0 Å². The Hall–Kier alpha value is -3.14. The quantitative estimate of drug-likeness (QED) is 0.601. The van der Waals surface area contributed by atoms with Gasteiger partial charge in [0.05, 0.1) is 11.0 Å². The highest BCUT2D eigenvalue weighted by Gasteiger charge is 2.31. The molecule has 3 rings (SSSR count). The molecule has 1 atom stereocenters. The Morgan fingerprint density at radius 3 is 2.71 bits per heavy atom. The fraction of sp³-hybridized carbons (Fsp3) is 0.444. The van der Waals surface area contributed by atoms with E-state index in [0.29, 0.717) is 30.5 Å². The number of fused-ring (bicyclic) bond motifs is 1. The molecule has 1 aliphatic rings. The average Bonchev–Trinajstić information content (AvgIpc) is 2.89. The molecule has 0 saturated carbocycles. The van der Waals surface area contributed by atoms with Gasteiger partial charge in [0.15, 0.2) is 0 Å². The number of aromatic nitrogens is 2. The van der Waals surface area contributed by atoms with Gasteiger partial charge in [-0.3, -0.25) is 24.0 Å². The maximum atomic E-state index is 12.7. The van der Waals surface area contributed by atoms with Crippen molar-refractivity contribution in [1.29, 1.82) is 0 Å². The van der Waals surface area contributed by atoms with Gasteiger partial charge in [-0.2, -0.15) is 0 Å². The molecule has 1 saturated heterocycles. The number of piperidine rings is 1. The van der Waals surface area contributed by atoms with Gasteiger partial charge in [0.25, 0.3) is 0 Å². The molecule has 2 heterocycles. The van der Waals surface area contributed by atoms with Gasteiger partial charge in [-0.25, -0.2) is 9.59 Å². The smallest absolute Gasteiger partial charge is 0.407 e. The topological polar surface area (TPSA) is 140 Å². The zero-order valence-electron chi connectivity index (χ0n) is 15.6. The number of carboxylic acid groups (broad SMARTS) is 1. The van der Waals surface area contributed by atoms with Gasteiger partial charge in [0, 0.05) is 26.6 Å². The normalized spacial score (nSPS) is 17.0. The van der Waals surface area contributed by atoms with Gasteiger partial charge in [-0.15, -0.1) is 0 Å². The van der Waals surface area contributed by atoms with E-state index >= 15 is 0 Å². The lowest BCUT2D eigenvalue weighted by Gasteiger charge is -2.22. The Morgan fingerprint density at radius 1 is 1.32 bits per heavy atom. The van der Waals surface area contributed by atoms with Crippen LogP contribution >= 0.6 is 0 Å². The van der Waals surface area contributed by atoms with E-state index in [-0.39, 0.29) is 31.0 Å². The number of hydrogen-bond donors (Lipinski definition) is 3. The number of nitrogens with two attached hydrogens (primary N) is 1. The summed E-state index contributed by atoms with van der Waals surface area (Å²) >= 11 is 0. The van der Waals surface area contributed by atoms with Gasteiger partial charge in [0.1, 0.15) is 6.04 Å². The molecule has 0 aliphatic carbocycles. The summed E-state index contributed by atoms with van der Waals surface area (Å²) in [6.45, 7) is 0.884. The molecule has 10 nitrogen and oxygen atoms in total. The Balaban J connectivity index is 1.96. The number of hydrogen-bond acceptors (Lipinski definition) is 5. The average molecular weight is 389 g/mol. The first kappa shape index (κ1) is 19.6. The summed E-state index contributed by atoms with van der Waals surface area (Å²) in [6.07, 6.45) is -0.0500. The van der Waals surface area contributed by atoms with Crippen molar-refractivity contribution in [2.75, 3.05) is 13.1 Å². The van der Waals surface area contributed by atoms with Crippen LogP contribution in [0.3, 0.4) is 0 Å². The molecule has 1 aromatic carbocycles. The van der Waals surface area contributed by atoms with Crippen molar-refractivity contribution in [1.82, 2.24) is 19.4 Å². The first-order valence-electron chi connectivity index (χ1n) is 9.05. The molecule has 4 N–H and O–H groups in total. The maximum Gasteiger partial charge on any atom is 0.407 e. The van der Waals surface area contributed by atoms with Gasteiger partial charge < -0.3 is 15.7 Å². The number of nitrogens with one attached hydrogen (secondary N) is 1. The van der Waals surface area contributed by atoms with E-state index in [4.69, 9.17) is 5.73 Å². The first-order valence-corrected chi connectivity index (χ1v) is 9.05. The third-order valence-electron chi connectivity index (χ3n) is 4.95. The molecule has 0 radical (unpaired) electrons. The van der Waals surface area contributed by atoms with Crippen LogP contribution in [0.4, 0.5) is 4.79 Å². The number of nitrogens with zero attached hydrogens (tertiary/aromatic N) is 3. The van der Waals surface area contributed by atoms with Gasteiger partial charge in [-0.1, -0.05) is 6.07 Å². The second kappa shape index (κ2) is 7.85. The van der Waals surface area contributed by atoms with Crippen molar-refractivity contribution in [2.45, 2.75) is 31.8 Å². The molecule has 2 aromatic rings. The van der Waals surface area contributed by atoms with Crippen molar-refractivity contribution in [3.63, 3.8) is 0 Å². The number of benzene rings is 1. The third-order valence-corrected chi connectivity index (χ3v) is 4.95. The minimum absolute atomic E-state index is 0.170. The maximum absolute atomic E-state index is 12.7. The van der Waals surface area contributed by atoms with E-state index < -0.39 is 18.0 Å². The molecule has 10 heteroatoms. The SMILES string of the molecule is Cn1c(=O)n(C2CCC(=O)NC2=O)c2ccc(CN(CCCN)C(=O)O)cc21. The van der Waals surface area contributed by atoms with Crippen LogP contribution < -0.4 is 16.7 Å². The van der Waals surface area contributed by atoms with Crippen molar-refractivity contribution >= 4 is 28.9 Å². The minimum atomic E-state index is -1.04. The number of carbonyl (C=O) groups is 3. The Kier molecular flexibility index (Phi) is 5.50. The fourth-order valence-electron chi connectivity index (χ4n) is 3.48. The highest BCUT2D eigenvalue weighted by atomic mass is 16.4. The zero-order chi connectivity index (χ0) is 20.4. The van der Waals surface area contributed by atoms with E-state index in [1.54, 1.807) is 25.2 Å². The lowest BCUT2D eigenvalue weighted by atomic mass is 10.1. The summed E-state index contributed by atoms with van der Waals surface area (Å²) in [5.41, 5.74) is 6.98. The van der Waals surface area contributed by atoms with Crippen molar-refractivity contribution in [2.24, 2.45) is 12.8 Å². The zero-order valence-corrected chi connectivity index (χ0v) is 15.6. The van der Waals surface area contributed by atoms with Crippen LogP contribution in [0.2, 0.25) is 0 Å². The van der Waals surface area contributed by atoms with Crippen molar-refractivity contribution in [3.8, 4) is 0 Å². The van der Waals surface area contributed by atoms with E-state index in [0.717, 1.165) is 5.56 Å². The van der Waals surface area contributed by atoms with Gasteiger partial charge in [-0.05, 0) is 37.1 Å². The van der Waals surface area contributed by atoms with Crippen LogP contribution in [-0.4, -0.2) is 50.1 Å². The van der Waals surface area contributed by atoms with E-state index in [1.807, 2.05) is 0 Å². The largest absolute Gasteiger partial charge is 0.465 e. The molecular weight excluding hydrogens is 366 g/mol. The van der Waals surface area contributed by atoms with E-state index in [2.05, 4.69) is 5.32 Å². The van der Waals surface area contributed by atoms with Crippen LogP contribution in [0.5, 0.6) is 0 Å². The Labute approximate surface area is 160 Å². The molecule has 0 bridgehead atoms. The molecule has 0 spiro atoms. The molecule has 1 aliphatic heterocycles. The Bertz CT molecular complexity index is 992. The molecule has 150 valence electrons. The number of amides is 3. The third kappa shape index (κ3) is 3.63. The first-order chi connectivity index (χ1) is 13.3. The number of aryl methyl sites for hydroxylation is 1. The number of imide groups is 1. The monoisotopic (exact) mass is 389 g/mol. The van der Waals surface area contributed by atoms with Crippen LogP contribution in [0, 0.1) is 0 Å². The fourth-order valence-corrected chi connectivity index (χ4v) is 3.48. The Morgan fingerprint density at radius 2 is 2.07 bits per heavy atom. The highest BCUT2D eigenvalue weighted by Crippen LogP contribution is 2.24. The molecule has 1 fully saturated rings. The van der Waals surface area contributed by atoms with Gasteiger partial charge >= 0.3 is 11.8 Å². The lowest BCUT2D eigenvalue weighted by molar-refractivity contribution is -0.135.